The SMILES string of the molecule is O=C(N[C@H]1c2ccccc2C[C@H]1O)[C@H](Cc1ccccc1)C[C@H](O)CNC(=O)[C@H]1[C@H](C(=O)NCCc2ccccc2)[C@@H]2C=C[C@H]1C2. The van der Waals surface area contributed by atoms with Gasteiger partial charge in [0.1, 0.15) is 0 Å². The maximum atomic E-state index is 13.7. The van der Waals surface area contributed by atoms with E-state index in [0.717, 1.165) is 35.1 Å². The number of allylic oxidation sites excluding steroid dienone is 2. The van der Waals surface area contributed by atoms with E-state index in [1.165, 1.54) is 0 Å². The van der Waals surface area contributed by atoms with Gasteiger partial charge >= 0.3 is 0 Å². The molecule has 0 radical (unpaired) electrons. The van der Waals surface area contributed by atoms with Gasteiger partial charge in [0.2, 0.25) is 17.7 Å². The van der Waals surface area contributed by atoms with Gasteiger partial charge in [-0.05, 0) is 59.8 Å². The van der Waals surface area contributed by atoms with Crippen molar-refractivity contribution in [3.8, 4) is 0 Å². The zero-order valence-corrected chi connectivity index (χ0v) is 25.9. The molecule has 240 valence electrons. The van der Waals surface area contributed by atoms with Crippen molar-refractivity contribution in [1.29, 1.82) is 0 Å². The van der Waals surface area contributed by atoms with Crippen LogP contribution >= 0.6 is 0 Å². The van der Waals surface area contributed by atoms with Crippen molar-refractivity contribution in [2.75, 3.05) is 13.1 Å². The third-order valence-electron chi connectivity index (χ3n) is 9.89. The molecule has 0 saturated heterocycles. The summed E-state index contributed by atoms with van der Waals surface area (Å²) in [5.41, 5.74) is 4.03. The van der Waals surface area contributed by atoms with Crippen LogP contribution in [0.15, 0.2) is 97.1 Å². The first-order valence-corrected chi connectivity index (χ1v) is 16.4. The number of aliphatic hydroxyl groups is 2. The average Bonchev–Trinajstić information content (AvgIpc) is 3.78. The highest BCUT2D eigenvalue weighted by atomic mass is 16.3. The summed E-state index contributed by atoms with van der Waals surface area (Å²) in [5.74, 6) is -2.10. The summed E-state index contributed by atoms with van der Waals surface area (Å²) in [7, 11) is 0. The molecule has 3 aliphatic carbocycles. The number of hydrogen-bond donors (Lipinski definition) is 5. The Kier molecular flexibility index (Phi) is 9.95. The number of hydrogen-bond acceptors (Lipinski definition) is 5. The molecule has 3 aromatic rings. The molecule has 3 aliphatic rings. The molecule has 0 heterocycles. The van der Waals surface area contributed by atoms with Gasteiger partial charge in [0.25, 0.3) is 0 Å². The van der Waals surface area contributed by atoms with Gasteiger partial charge in [0, 0.05) is 25.4 Å². The molecular formula is C38H43N3O5. The molecule has 5 N–H and O–H groups in total. The fourth-order valence-electron chi connectivity index (χ4n) is 7.58. The Morgan fingerprint density at radius 1 is 0.783 bits per heavy atom. The lowest BCUT2D eigenvalue weighted by Crippen LogP contribution is -2.46. The second kappa shape index (κ2) is 14.4. The molecular weight excluding hydrogens is 578 g/mol. The summed E-state index contributed by atoms with van der Waals surface area (Å²) in [6, 6.07) is 26.8. The van der Waals surface area contributed by atoms with Gasteiger partial charge in [0.15, 0.2) is 0 Å². The first kappa shape index (κ1) is 31.7. The van der Waals surface area contributed by atoms with Crippen LogP contribution in [0, 0.1) is 29.6 Å². The fourth-order valence-corrected chi connectivity index (χ4v) is 7.58. The summed E-state index contributed by atoms with van der Waals surface area (Å²) in [4.78, 5) is 40.4. The average molecular weight is 622 g/mol. The van der Waals surface area contributed by atoms with E-state index in [1.807, 2.05) is 91.0 Å². The minimum absolute atomic E-state index is 0.00987. The largest absolute Gasteiger partial charge is 0.391 e. The van der Waals surface area contributed by atoms with Crippen molar-refractivity contribution in [1.82, 2.24) is 16.0 Å². The van der Waals surface area contributed by atoms with Gasteiger partial charge in [-0.25, -0.2) is 0 Å². The molecule has 0 aliphatic heterocycles. The summed E-state index contributed by atoms with van der Waals surface area (Å²) < 4.78 is 0. The number of amides is 3. The molecule has 3 amide bonds. The van der Waals surface area contributed by atoms with Gasteiger partial charge in [-0.2, -0.15) is 0 Å². The van der Waals surface area contributed by atoms with Crippen molar-refractivity contribution in [3.05, 3.63) is 119 Å². The van der Waals surface area contributed by atoms with E-state index >= 15 is 0 Å². The number of benzene rings is 3. The van der Waals surface area contributed by atoms with Gasteiger partial charge in [-0.1, -0.05) is 97.1 Å². The highest BCUT2D eigenvalue weighted by Crippen LogP contribution is 2.48. The predicted octanol–water partition coefficient (Wildman–Crippen LogP) is 3.28. The summed E-state index contributed by atoms with van der Waals surface area (Å²) in [6.07, 6.45) is 4.90. The van der Waals surface area contributed by atoms with E-state index in [1.54, 1.807) is 0 Å². The molecule has 0 unspecified atom stereocenters. The molecule has 46 heavy (non-hydrogen) atoms. The molecule has 0 spiro atoms. The van der Waals surface area contributed by atoms with Crippen LogP contribution < -0.4 is 16.0 Å². The fraction of sp³-hybridized carbons (Fsp3) is 0.395. The topological polar surface area (TPSA) is 128 Å². The van der Waals surface area contributed by atoms with Crippen LogP contribution in [-0.4, -0.2) is 53.2 Å². The van der Waals surface area contributed by atoms with Crippen molar-refractivity contribution >= 4 is 17.7 Å². The first-order chi connectivity index (χ1) is 22.4. The summed E-state index contributed by atoms with van der Waals surface area (Å²) >= 11 is 0. The van der Waals surface area contributed by atoms with Gasteiger partial charge in [0.05, 0.1) is 30.1 Å². The Morgan fingerprint density at radius 2 is 1.39 bits per heavy atom. The lowest BCUT2D eigenvalue weighted by atomic mass is 9.81. The van der Waals surface area contributed by atoms with E-state index in [0.29, 0.717) is 19.4 Å². The molecule has 0 aromatic heterocycles. The van der Waals surface area contributed by atoms with E-state index in [9.17, 15) is 24.6 Å². The highest BCUT2D eigenvalue weighted by Gasteiger charge is 2.51. The zero-order valence-electron chi connectivity index (χ0n) is 25.9. The van der Waals surface area contributed by atoms with E-state index in [4.69, 9.17) is 0 Å². The van der Waals surface area contributed by atoms with Gasteiger partial charge < -0.3 is 26.2 Å². The Bertz CT molecular complexity index is 1540. The van der Waals surface area contributed by atoms with Crippen LogP contribution in [0.2, 0.25) is 0 Å². The monoisotopic (exact) mass is 621 g/mol. The smallest absolute Gasteiger partial charge is 0.224 e. The Hall–Kier alpha value is -4.27. The molecule has 8 heteroatoms. The van der Waals surface area contributed by atoms with Crippen molar-refractivity contribution in [3.63, 3.8) is 0 Å². The molecule has 1 fully saturated rings. The Labute approximate surface area is 270 Å². The lowest BCUT2D eigenvalue weighted by molar-refractivity contribution is -0.135. The van der Waals surface area contributed by atoms with Crippen molar-refractivity contribution in [2.24, 2.45) is 29.6 Å². The number of nitrogens with one attached hydrogen (secondary N) is 3. The van der Waals surface area contributed by atoms with E-state index in [2.05, 4.69) is 22.0 Å². The molecule has 3 aromatic carbocycles. The highest BCUT2D eigenvalue weighted by molar-refractivity contribution is 5.89. The zero-order chi connectivity index (χ0) is 32.0. The maximum Gasteiger partial charge on any atom is 0.224 e. The predicted molar refractivity (Wildman–Crippen MR) is 175 cm³/mol. The van der Waals surface area contributed by atoms with E-state index in [-0.39, 0.29) is 42.5 Å². The molecule has 1 saturated carbocycles. The number of carbonyl (C=O) groups is 3. The van der Waals surface area contributed by atoms with Crippen LogP contribution in [0.4, 0.5) is 0 Å². The van der Waals surface area contributed by atoms with Crippen LogP contribution in [-0.2, 0) is 33.6 Å². The molecule has 6 rings (SSSR count). The number of carbonyl (C=O) groups excluding carboxylic acids is 3. The molecule has 8 nitrogen and oxygen atoms in total. The minimum Gasteiger partial charge on any atom is -0.391 e. The third-order valence-corrected chi connectivity index (χ3v) is 9.89. The lowest BCUT2D eigenvalue weighted by Gasteiger charge is -2.27. The van der Waals surface area contributed by atoms with Gasteiger partial charge in [-0.15, -0.1) is 0 Å². The number of aliphatic hydroxyl groups excluding tert-OH is 2. The summed E-state index contributed by atoms with van der Waals surface area (Å²) in [6.45, 7) is 0.480. The van der Waals surface area contributed by atoms with Crippen LogP contribution in [0.25, 0.3) is 0 Å². The first-order valence-electron chi connectivity index (χ1n) is 16.4. The van der Waals surface area contributed by atoms with Crippen LogP contribution in [0.3, 0.4) is 0 Å². The van der Waals surface area contributed by atoms with Crippen molar-refractivity contribution < 1.29 is 24.6 Å². The minimum atomic E-state index is -0.975. The standard InChI is InChI=1S/C38H43N3O5/c42-30(21-29(19-25-11-5-2-6-12-25)36(44)41-35-31-14-8-7-13-26(31)22-32(35)43)23-40-38(46)34-28-16-15-27(20-28)33(34)37(45)39-18-17-24-9-3-1-4-10-24/h1-16,27-30,32-35,42-43H,17-23H2,(H,39,45)(H,40,46)(H,41,44)/t27-,28+,29-,30+,32-,33-,34-,35+/m1/s1. The number of fused-ring (bicyclic) bond motifs is 3. The number of rotatable bonds is 13. The quantitative estimate of drug-likeness (QED) is 0.187. The van der Waals surface area contributed by atoms with Gasteiger partial charge in [-0.3, -0.25) is 14.4 Å². The second-order valence-electron chi connectivity index (χ2n) is 13.0. The summed E-state index contributed by atoms with van der Waals surface area (Å²) in [5, 5.41) is 30.8. The third kappa shape index (κ3) is 7.24. The van der Waals surface area contributed by atoms with Crippen LogP contribution in [0.5, 0.6) is 0 Å². The Morgan fingerprint density at radius 3 is 2.09 bits per heavy atom. The van der Waals surface area contributed by atoms with Crippen LogP contribution in [0.1, 0.15) is 41.1 Å². The normalized spacial score (nSPS) is 25.4. The van der Waals surface area contributed by atoms with Crippen molar-refractivity contribution in [2.45, 2.75) is 50.4 Å². The maximum absolute atomic E-state index is 13.7. The second-order valence-corrected chi connectivity index (χ2v) is 13.0. The van der Waals surface area contributed by atoms with E-state index < -0.39 is 36.0 Å². The Balaban J connectivity index is 1.06. The molecule has 8 atom stereocenters. The molecule has 2 bridgehead atoms.